The molecule has 0 fully saturated rings. The first-order valence-corrected chi connectivity index (χ1v) is 3.85. The molecule has 1 aromatic heterocycles. The summed E-state index contributed by atoms with van der Waals surface area (Å²) in [4.78, 5) is 10.6. The highest BCUT2D eigenvalue weighted by Crippen LogP contribution is 2.14. The van der Waals surface area contributed by atoms with E-state index in [2.05, 4.69) is 10.2 Å². The minimum absolute atomic E-state index is 0.222. The van der Waals surface area contributed by atoms with Gasteiger partial charge in [-0.25, -0.2) is 9.89 Å². The zero-order chi connectivity index (χ0) is 9.97. The SMILES string of the molecule is N#Cc1ccc(-c2n[nH]c(=O)o2)cc1. The maximum Gasteiger partial charge on any atom is 0.434 e. The number of aromatic amines is 1. The van der Waals surface area contributed by atoms with Crippen LogP contribution in [0.5, 0.6) is 0 Å². The highest BCUT2D eigenvalue weighted by Gasteiger charge is 2.03. The summed E-state index contributed by atoms with van der Waals surface area (Å²) in [6, 6.07) is 8.58. The second-order valence-corrected chi connectivity index (χ2v) is 2.61. The lowest BCUT2D eigenvalue weighted by atomic mass is 10.1. The van der Waals surface area contributed by atoms with Crippen molar-refractivity contribution >= 4 is 0 Å². The Bertz CT molecular complexity index is 530. The van der Waals surface area contributed by atoms with Crippen LogP contribution in [0.15, 0.2) is 33.5 Å². The summed E-state index contributed by atoms with van der Waals surface area (Å²) in [6.45, 7) is 0. The molecule has 5 nitrogen and oxygen atoms in total. The maximum absolute atomic E-state index is 10.6. The van der Waals surface area contributed by atoms with Crippen LogP contribution in [0.3, 0.4) is 0 Å². The lowest BCUT2D eigenvalue weighted by Gasteiger charge is -1.92. The summed E-state index contributed by atoms with van der Waals surface area (Å²) < 4.78 is 4.74. The first-order chi connectivity index (χ1) is 6.79. The van der Waals surface area contributed by atoms with Gasteiger partial charge >= 0.3 is 5.76 Å². The van der Waals surface area contributed by atoms with Crippen molar-refractivity contribution in [1.82, 2.24) is 10.2 Å². The quantitative estimate of drug-likeness (QED) is 0.718. The summed E-state index contributed by atoms with van der Waals surface area (Å²) in [5.41, 5.74) is 1.20. The van der Waals surface area contributed by atoms with Crippen molar-refractivity contribution in [3.05, 3.63) is 40.4 Å². The van der Waals surface area contributed by atoms with Crippen LogP contribution < -0.4 is 5.76 Å². The number of nitrogens with zero attached hydrogens (tertiary/aromatic N) is 2. The minimum atomic E-state index is -0.593. The monoisotopic (exact) mass is 187 g/mol. The standard InChI is InChI=1S/C9H5N3O2/c10-5-6-1-3-7(4-2-6)8-11-12-9(13)14-8/h1-4H,(H,12,13). The minimum Gasteiger partial charge on any atom is -0.388 e. The Morgan fingerprint density at radius 1 is 1.36 bits per heavy atom. The van der Waals surface area contributed by atoms with E-state index < -0.39 is 5.76 Å². The molecule has 0 aliphatic rings. The zero-order valence-corrected chi connectivity index (χ0v) is 7.02. The molecule has 14 heavy (non-hydrogen) atoms. The molecule has 1 N–H and O–H groups in total. The van der Waals surface area contributed by atoms with Gasteiger partial charge in [0.1, 0.15) is 0 Å². The van der Waals surface area contributed by atoms with Crippen LogP contribution in [0.4, 0.5) is 0 Å². The molecule has 1 aromatic carbocycles. The third kappa shape index (κ3) is 1.41. The van der Waals surface area contributed by atoms with Gasteiger partial charge in [-0.2, -0.15) is 5.26 Å². The number of hydrogen-bond donors (Lipinski definition) is 1. The molecular weight excluding hydrogens is 182 g/mol. The van der Waals surface area contributed by atoms with Gasteiger partial charge in [-0.15, -0.1) is 5.10 Å². The molecule has 0 saturated heterocycles. The number of rotatable bonds is 1. The van der Waals surface area contributed by atoms with Crippen molar-refractivity contribution in [1.29, 1.82) is 5.26 Å². The normalized spacial score (nSPS) is 9.64. The van der Waals surface area contributed by atoms with Crippen molar-refractivity contribution < 1.29 is 4.42 Å². The molecule has 5 heteroatoms. The molecule has 0 saturated carbocycles. The summed E-state index contributed by atoms with van der Waals surface area (Å²) in [5.74, 6) is -0.371. The van der Waals surface area contributed by atoms with Gasteiger partial charge in [-0.3, -0.25) is 0 Å². The van der Waals surface area contributed by atoms with Crippen molar-refractivity contribution in [3.63, 3.8) is 0 Å². The molecule has 0 spiro atoms. The molecule has 0 aliphatic carbocycles. The Morgan fingerprint density at radius 2 is 2.07 bits per heavy atom. The molecule has 0 atom stereocenters. The summed E-state index contributed by atoms with van der Waals surface area (Å²) in [6.07, 6.45) is 0. The van der Waals surface area contributed by atoms with Gasteiger partial charge in [0, 0.05) is 5.56 Å². The predicted molar refractivity (Wildman–Crippen MR) is 47.3 cm³/mol. The van der Waals surface area contributed by atoms with Crippen molar-refractivity contribution in [2.45, 2.75) is 0 Å². The average Bonchev–Trinajstić information content (AvgIpc) is 2.65. The van der Waals surface area contributed by atoms with Gasteiger partial charge in [-0.05, 0) is 24.3 Å². The van der Waals surface area contributed by atoms with E-state index in [1.165, 1.54) is 0 Å². The van der Waals surface area contributed by atoms with E-state index in [-0.39, 0.29) is 5.89 Å². The Balaban J connectivity index is 2.44. The smallest absolute Gasteiger partial charge is 0.388 e. The average molecular weight is 187 g/mol. The molecule has 0 aliphatic heterocycles. The van der Waals surface area contributed by atoms with Gasteiger partial charge in [0.2, 0.25) is 5.89 Å². The van der Waals surface area contributed by atoms with Crippen molar-refractivity contribution in [2.75, 3.05) is 0 Å². The Hall–Kier alpha value is -2.35. The van der Waals surface area contributed by atoms with E-state index in [0.717, 1.165) is 0 Å². The van der Waals surface area contributed by atoms with Crippen molar-refractivity contribution in [3.8, 4) is 17.5 Å². The zero-order valence-electron chi connectivity index (χ0n) is 7.02. The predicted octanol–water partition coefficient (Wildman–Crippen LogP) is 0.902. The molecule has 1 heterocycles. The Morgan fingerprint density at radius 3 is 2.57 bits per heavy atom. The topological polar surface area (TPSA) is 82.7 Å². The highest BCUT2D eigenvalue weighted by molar-refractivity contribution is 5.53. The van der Waals surface area contributed by atoms with Crippen molar-refractivity contribution in [2.24, 2.45) is 0 Å². The molecule has 0 bridgehead atoms. The molecular formula is C9H5N3O2. The first-order valence-electron chi connectivity index (χ1n) is 3.85. The second kappa shape index (κ2) is 3.18. The number of aromatic nitrogens is 2. The number of H-pyrrole nitrogens is 1. The maximum atomic E-state index is 10.6. The van der Waals surface area contributed by atoms with Crippen LogP contribution in [0.2, 0.25) is 0 Å². The second-order valence-electron chi connectivity index (χ2n) is 2.61. The van der Waals surface area contributed by atoms with Crippen LogP contribution in [-0.2, 0) is 0 Å². The number of nitrogens with one attached hydrogen (secondary N) is 1. The van der Waals surface area contributed by atoms with E-state index in [4.69, 9.17) is 9.68 Å². The van der Waals surface area contributed by atoms with Crippen LogP contribution in [0.1, 0.15) is 5.56 Å². The van der Waals surface area contributed by atoms with E-state index in [9.17, 15) is 4.79 Å². The summed E-state index contributed by atoms with van der Waals surface area (Å²) >= 11 is 0. The molecule has 0 radical (unpaired) electrons. The lowest BCUT2D eigenvalue weighted by Crippen LogP contribution is -1.93. The third-order valence-corrected chi connectivity index (χ3v) is 1.70. The van der Waals surface area contributed by atoms with Crippen LogP contribution in [0, 0.1) is 11.3 Å². The molecule has 0 amide bonds. The van der Waals surface area contributed by atoms with Crippen LogP contribution >= 0.6 is 0 Å². The number of benzene rings is 1. The van der Waals surface area contributed by atoms with E-state index in [1.54, 1.807) is 24.3 Å². The van der Waals surface area contributed by atoms with Gasteiger partial charge in [0.05, 0.1) is 11.6 Å². The van der Waals surface area contributed by atoms with Gasteiger partial charge < -0.3 is 4.42 Å². The summed E-state index contributed by atoms with van der Waals surface area (Å²) in [7, 11) is 0. The fourth-order valence-electron chi connectivity index (χ4n) is 1.04. The van der Waals surface area contributed by atoms with E-state index in [0.29, 0.717) is 11.1 Å². The molecule has 2 rings (SSSR count). The first kappa shape index (κ1) is 8.26. The van der Waals surface area contributed by atoms with Gasteiger partial charge in [0.25, 0.3) is 0 Å². The molecule has 0 unspecified atom stereocenters. The van der Waals surface area contributed by atoms with Crippen LogP contribution in [0.25, 0.3) is 11.5 Å². The largest absolute Gasteiger partial charge is 0.434 e. The van der Waals surface area contributed by atoms with Crippen LogP contribution in [-0.4, -0.2) is 10.2 Å². The number of nitriles is 1. The van der Waals surface area contributed by atoms with Gasteiger partial charge in [-0.1, -0.05) is 0 Å². The fourth-order valence-corrected chi connectivity index (χ4v) is 1.04. The molecule has 68 valence electrons. The van der Waals surface area contributed by atoms with Gasteiger partial charge in [0.15, 0.2) is 0 Å². The van der Waals surface area contributed by atoms with E-state index in [1.807, 2.05) is 6.07 Å². The highest BCUT2D eigenvalue weighted by atomic mass is 16.4. The summed E-state index contributed by atoms with van der Waals surface area (Å²) in [5, 5.41) is 14.4. The Labute approximate surface area is 78.6 Å². The van der Waals surface area contributed by atoms with E-state index >= 15 is 0 Å². The fraction of sp³-hybridized carbons (Fsp3) is 0. The Kier molecular flexibility index (Phi) is 1.88. The number of hydrogen-bond acceptors (Lipinski definition) is 4. The lowest BCUT2D eigenvalue weighted by molar-refractivity contribution is 0.527. The third-order valence-electron chi connectivity index (χ3n) is 1.70. The molecule has 2 aromatic rings.